The van der Waals surface area contributed by atoms with Gasteiger partial charge in [0, 0.05) is 19.2 Å². The van der Waals surface area contributed by atoms with Crippen LogP contribution in [0, 0.1) is 0 Å². The molecular weight excluding hydrogens is 205 g/mol. The third-order valence-corrected chi connectivity index (χ3v) is 4.48. The molecule has 0 spiro atoms. The quantitative estimate of drug-likeness (QED) is 0.634. The fourth-order valence-corrected chi connectivity index (χ4v) is 3.44. The van der Waals surface area contributed by atoms with Crippen LogP contribution >= 0.6 is 18.9 Å². The number of hydrogen-bond acceptors (Lipinski definition) is 2. The van der Waals surface area contributed by atoms with E-state index >= 15 is 0 Å². The summed E-state index contributed by atoms with van der Waals surface area (Å²) < 4.78 is 7.45. The zero-order valence-electron chi connectivity index (χ0n) is 9.25. The third-order valence-electron chi connectivity index (χ3n) is 2.02. The average molecular weight is 226 g/mol. The molecule has 0 aliphatic rings. The van der Waals surface area contributed by atoms with Gasteiger partial charge in [-0.25, -0.2) is 4.67 Å². The maximum Gasteiger partial charge on any atom is 0.206 e. The SMILES string of the molecule is CCCC(C)N(C(C)C)P(Cl)OC. The molecule has 0 saturated carbocycles. The lowest BCUT2D eigenvalue weighted by Crippen LogP contribution is -2.33. The summed E-state index contributed by atoms with van der Waals surface area (Å²) in [5.74, 6) is 0. The average Bonchev–Trinajstić information content (AvgIpc) is 2.04. The molecule has 0 aliphatic carbocycles. The standard InChI is InChI=1S/C9H21ClNOP/c1-6-7-9(4)11(8(2)3)13(10)12-5/h8-9H,6-7H2,1-5H3. The molecule has 0 rings (SSSR count). The summed E-state index contributed by atoms with van der Waals surface area (Å²) in [6.07, 6.45) is 2.36. The van der Waals surface area contributed by atoms with E-state index in [1.807, 2.05) is 0 Å². The number of nitrogens with zero attached hydrogens (tertiary/aromatic N) is 1. The first-order valence-corrected chi connectivity index (χ1v) is 6.94. The van der Waals surface area contributed by atoms with Crippen LogP contribution in [0.1, 0.15) is 40.5 Å². The molecule has 2 nitrogen and oxygen atoms in total. The lowest BCUT2D eigenvalue weighted by atomic mass is 10.2. The Morgan fingerprint density at radius 1 is 1.38 bits per heavy atom. The molecule has 0 aromatic rings. The van der Waals surface area contributed by atoms with Crippen LogP contribution in [-0.2, 0) is 4.52 Å². The van der Waals surface area contributed by atoms with Crippen molar-refractivity contribution in [1.29, 1.82) is 0 Å². The predicted octanol–water partition coefficient (Wildman–Crippen LogP) is 4.00. The number of hydrogen-bond donors (Lipinski definition) is 0. The van der Waals surface area contributed by atoms with Crippen molar-refractivity contribution < 1.29 is 4.52 Å². The largest absolute Gasteiger partial charge is 0.335 e. The molecule has 2 unspecified atom stereocenters. The minimum Gasteiger partial charge on any atom is -0.335 e. The first-order chi connectivity index (χ1) is 6.04. The van der Waals surface area contributed by atoms with E-state index in [1.54, 1.807) is 7.11 Å². The molecule has 0 heterocycles. The van der Waals surface area contributed by atoms with Gasteiger partial charge < -0.3 is 4.52 Å². The Hall–Kier alpha value is 0.640. The van der Waals surface area contributed by atoms with Crippen LogP contribution in [-0.4, -0.2) is 23.9 Å². The molecule has 2 atom stereocenters. The van der Waals surface area contributed by atoms with Crippen LogP contribution < -0.4 is 0 Å². The fourth-order valence-electron chi connectivity index (χ4n) is 1.49. The second kappa shape index (κ2) is 7.00. The van der Waals surface area contributed by atoms with Gasteiger partial charge in [-0.1, -0.05) is 13.3 Å². The molecule has 0 N–H and O–H groups in total. The molecule has 0 radical (unpaired) electrons. The molecular formula is C9H21ClNOP. The van der Waals surface area contributed by atoms with Crippen molar-refractivity contribution in [2.45, 2.75) is 52.6 Å². The smallest absolute Gasteiger partial charge is 0.206 e. The summed E-state index contributed by atoms with van der Waals surface area (Å²) in [4.78, 5) is 0. The highest BCUT2D eigenvalue weighted by Gasteiger charge is 2.24. The molecule has 80 valence electrons. The molecule has 0 saturated heterocycles. The van der Waals surface area contributed by atoms with Gasteiger partial charge in [-0.05, 0) is 38.4 Å². The van der Waals surface area contributed by atoms with Gasteiger partial charge in [-0.3, -0.25) is 0 Å². The Morgan fingerprint density at radius 2 is 1.92 bits per heavy atom. The van der Waals surface area contributed by atoms with Crippen molar-refractivity contribution in [3.63, 3.8) is 0 Å². The van der Waals surface area contributed by atoms with Crippen LogP contribution in [0.3, 0.4) is 0 Å². The summed E-state index contributed by atoms with van der Waals surface area (Å²) in [7, 11) is 0.747. The minimum absolute atomic E-state index is 0.449. The van der Waals surface area contributed by atoms with Crippen molar-refractivity contribution in [2.75, 3.05) is 7.11 Å². The van der Waals surface area contributed by atoms with Crippen LogP contribution in [0.2, 0.25) is 0 Å². The van der Waals surface area contributed by atoms with E-state index in [2.05, 4.69) is 32.4 Å². The second-order valence-electron chi connectivity index (χ2n) is 3.52. The Morgan fingerprint density at radius 3 is 2.23 bits per heavy atom. The number of rotatable bonds is 6. The summed E-state index contributed by atoms with van der Waals surface area (Å²) >= 11 is 6.13. The zero-order valence-corrected chi connectivity index (χ0v) is 10.9. The Bertz CT molecular complexity index is 135. The van der Waals surface area contributed by atoms with E-state index in [0.717, 1.165) is 0 Å². The van der Waals surface area contributed by atoms with Gasteiger partial charge in [0.15, 0.2) is 0 Å². The van der Waals surface area contributed by atoms with Crippen LogP contribution in [0.4, 0.5) is 0 Å². The Labute approximate surface area is 88.3 Å². The van der Waals surface area contributed by atoms with E-state index in [4.69, 9.17) is 15.8 Å². The summed E-state index contributed by atoms with van der Waals surface area (Å²) in [5.41, 5.74) is 0. The maximum atomic E-state index is 6.13. The Kier molecular flexibility index (Phi) is 7.35. The lowest BCUT2D eigenvalue weighted by molar-refractivity contribution is 0.263. The molecule has 0 aromatic heterocycles. The van der Waals surface area contributed by atoms with Gasteiger partial charge in [0.05, 0.1) is 0 Å². The Balaban J connectivity index is 4.22. The van der Waals surface area contributed by atoms with Crippen molar-refractivity contribution in [3.8, 4) is 0 Å². The third kappa shape index (κ3) is 4.60. The van der Waals surface area contributed by atoms with Crippen LogP contribution in [0.15, 0.2) is 0 Å². The zero-order chi connectivity index (χ0) is 10.4. The first kappa shape index (κ1) is 13.6. The normalized spacial score (nSPS) is 16.6. The summed E-state index contributed by atoms with van der Waals surface area (Å²) in [5, 5.41) is 0. The van der Waals surface area contributed by atoms with Crippen molar-refractivity contribution >= 4 is 18.9 Å². The second-order valence-corrected chi connectivity index (χ2v) is 5.67. The molecule has 0 bridgehead atoms. The summed E-state index contributed by atoms with van der Waals surface area (Å²) in [6.45, 7) is 8.71. The van der Waals surface area contributed by atoms with Crippen molar-refractivity contribution in [1.82, 2.24) is 4.67 Å². The maximum absolute atomic E-state index is 6.13. The van der Waals surface area contributed by atoms with Gasteiger partial charge in [0.1, 0.15) is 0 Å². The number of halogens is 1. The fraction of sp³-hybridized carbons (Fsp3) is 1.00. The van der Waals surface area contributed by atoms with E-state index in [1.165, 1.54) is 12.8 Å². The molecule has 4 heteroatoms. The summed E-state index contributed by atoms with van der Waals surface area (Å²) in [6, 6.07) is 0.957. The first-order valence-electron chi connectivity index (χ1n) is 4.82. The van der Waals surface area contributed by atoms with E-state index in [-0.39, 0.29) is 0 Å². The topological polar surface area (TPSA) is 12.5 Å². The highest BCUT2D eigenvalue weighted by Crippen LogP contribution is 2.48. The van der Waals surface area contributed by atoms with Crippen molar-refractivity contribution in [3.05, 3.63) is 0 Å². The van der Waals surface area contributed by atoms with Gasteiger partial charge in [-0.15, -0.1) is 0 Å². The lowest BCUT2D eigenvalue weighted by Gasteiger charge is -2.34. The molecule has 0 aliphatic heterocycles. The molecule has 0 fully saturated rings. The van der Waals surface area contributed by atoms with Gasteiger partial charge in [-0.2, -0.15) is 0 Å². The monoisotopic (exact) mass is 225 g/mol. The molecule has 13 heavy (non-hydrogen) atoms. The van der Waals surface area contributed by atoms with Crippen molar-refractivity contribution in [2.24, 2.45) is 0 Å². The highest BCUT2D eigenvalue weighted by molar-refractivity contribution is 7.78. The molecule has 0 amide bonds. The minimum atomic E-state index is -0.927. The predicted molar refractivity (Wildman–Crippen MR) is 61.1 cm³/mol. The van der Waals surface area contributed by atoms with Gasteiger partial charge in [0.2, 0.25) is 7.65 Å². The van der Waals surface area contributed by atoms with E-state index in [0.29, 0.717) is 12.1 Å². The van der Waals surface area contributed by atoms with Gasteiger partial charge in [0.25, 0.3) is 0 Å². The van der Waals surface area contributed by atoms with Crippen LogP contribution in [0.5, 0.6) is 0 Å². The highest BCUT2D eigenvalue weighted by atomic mass is 35.7. The van der Waals surface area contributed by atoms with Crippen LogP contribution in [0.25, 0.3) is 0 Å². The molecule has 0 aromatic carbocycles. The van der Waals surface area contributed by atoms with Gasteiger partial charge >= 0.3 is 0 Å². The van der Waals surface area contributed by atoms with E-state index in [9.17, 15) is 0 Å². The van der Waals surface area contributed by atoms with E-state index < -0.39 is 7.65 Å².